The summed E-state index contributed by atoms with van der Waals surface area (Å²) in [5, 5.41) is 2.96. The first-order valence-electron chi connectivity index (χ1n) is 10.7. The molecule has 8 heteroatoms. The van der Waals surface area contributed by atoms with E-state index in [9.17, 15) is 13.2 Å². The zero-order valence-corrected chi connectivity index (χ0v) is 18.0. The molecule has 2 fully saturated rings. The number of sulfonamides is 1. The minimum atomic E-state index is -3.42. The molecule has 2 saturated heterocycles. The van der Waals surface area contributed by atoms with E-state index in [1.165, 1.54) is 0 Å². The number of amides is 1. The third kappa shape index (κ3) is 6.77. The molecule has 0 bridgehead atoms. The molecule has 2 aliphatic rings. The van der Waals surface area contributed by atoms with Crippen LogP contribution < -0.4 is 5.32 Å². The predicted octanol–water partition coefficient (Wildman–Crippen LogP) is 1.63. The molecule has 0 spiro atoms. The first kappa shape index (κ1) is 22.2. The fraction of sp³-hybridized carbons (Fsp3) is 0.667. The number of hydrogen-bond donors (Lipinski definition) is 1. The lowest BCUT2D eigenvalue weighted by atomic mass is 10.1. The average molecular weight is 424 g/mol. The normalized spacial score (nSPS) is 19.6. The van der Waals surface area contributed by atoms with Crippen molar-refractivity contribution in [2.24, 2.45) is 0 Å². The Balaban J connectivity index is 1.43. The number of morpholine rings is 1. The highest BCUT2D eigenvalue weighted by Gasteiger charge is 2.24. The van der Waals surface area contributed by atoms with E-state index in [-0.39, 0.29) is 5.91 Å². The molecule has 0 aliphatic carbocycles. The van der Waals surface area contributed by atoms with Gasteiger partial charge in [-0.05, 0) is 37.0 Å². The van der Waals surface area contributed by atoms with Gasteiger partial charge in [0.15, 0.2) is 0 Å². The van der Waals surface area contributed by atoms with E-state index in [1.807, 2.05) is 12.1 Å². The second-order valence-electron chi connectivity index (χ2n) is 7.77. The fourth-order valence-electron chi connectivity index (χ4n) is 3.78. The fourth-order valence-corrected chi connectivity index (χ4v) is 5.30. The molecule has 1 N–H and O–H groups in total. The van der Waals surface area contributed by atoms with Crippen molar-refractivity contribution in [1.29, 1.82) is 0 Å². The first-order chi connectivity index (χ1) is 14.1. The van der Waals surface area contributed by atoms with Crippen molar-refractivity contribution in [2.45, 2.75) is 43.4 Å². The van der Waals surface area contributed by atoms with Crippen LogP contribution in [0.3, 0.4) is 0 Å². The molecule has 1 aromatic carbocycles. The van der Waals surface area contributed by atoms with E-state index in [2.05, 4.69) is 10.2 Å². The van der Waals surface area contributed by atoms with Crippen LogP contribution >= 0.6 is 0 Å². The molecule has 0 radical (unpaired) electrons. The van der Waals surface area contributed by atoms with E-state index in [0.29, 0.717) is 37.4 Å². The minimum absolute atomic E-state index is 0.0273. The van der Waals surface area contributed by atoms with Crippen LogP contribution in [0.5, 0.6) is 0 Å². The maximum Gasteiger partial charge on any atom is 0.243 e. The second kappa shape index (κ2) is 11.1. The first-order valence-corrected chi connectivity index (χ1v) is 12.2. The maximum absolute atomic E-state index is 12.8. The molecular weight excluding hydrogens is 390 g/mol. The van der Waals surface area contributed by atoms with Gasteiger partial charge >= 0.3 is 0 Å². The summed E-state index contributed by atoms with van der Waals surface area (Å²) in [6.45, 7) is 6.06. The molecule has 0 saturated carbocycles. The topological polar surface area (TPSA) is 79.0 Å². The molecule has 0 aromatic heterocycles. The van der Waals surface area contributed by atoms with Gasteiger partial charge in [-0.2, -0.15) is 4.31 Å². The van der Waals surface area contributed by atoms with Gasteiger partial charge < -0.3 is 10.1 Å². The molecule has 29 heavy (non-hydrogen) atoms. The van der Waals surface area contributed by atoms with Crippen molar-refractivity contribution >= 4 is 15.9 Å². The van der Waals surface area contributed by atoms with E-state index < -0.39 is 10.0 Å². The summed E-state index contributed by atoms with van der Waals surface area (Å²) in [4.78, 5) is 14.7. The number of nitrogens with zero attached hydrogens (tertiary/aromatic N) is 2. The number of carbonyl (C=O) groups excluding carboxylic acids is 1. The zero-order valence-electron chi connectivity index (χ0n) is 17.1. The van der Waals surface area contributed by atoms with Gasteiger partial charge in [-0.25, -0.2) is 8.42 Å². The molecular formula is C21H33N3O4S. The smallest absolute Gasteiger partial charge is 0.243 e. The molecule has 3 rings (SSSR count). The number of carbonyl (C=O) groups is 1. The van der Waals surface area contributed by atoms with Gasteiger partial charge in [0.25, 0.3) is 0 Å². The third-order valence-corrected chi connectivity index (χ3v) is 7.53. The van der Waals surface area contributed by atoms with Gasteiger partial charge in [-0.1, -0.05) is 25.0 Å². The zero-order chi connectivity index (χ0) is 20.5. The Hall–Kier alpha value is -1.48. The summed E-state index contributed by atoms with van der Waals surface area (Å²) in [6, 6.07) is 7.00. The Labute approximate surface area is 174 Å². The number of hydrogen-bond acceptors (Lipinski definition) is 5. The van der Waals surface area contributed by atoms with Crippen LogP contribution in [0.25, 0.3) is 0 Å². The van der Waals surface area contributed by atoms with Crippen LogP contribution in [0.4, 0.5) is 0 Å². The molecule has 2 heterocycles. The lowest BCUT2D eigenvalue weighted by Crippen LogP contribution is -2.41. The van der Waals surface area contributed by atoms with Crippen molar-refractivity contribution < 1.29 is 17.9 Å². The van der Waals surface area contributed by atoms with Crippen LogP contribution in [-0.4, -0.2) is 76.0 Å². The highest BCUT2D eigenvalue weighted by atomic mass is 32.2. The van der Waals surface area contributed by atoms with Crippen molar-refractivity contribution in [3.8, 4) is 0 Å². The molecule has 7 nitrogen and oxygen atoms in total. The molecule has 1 aromatic rings. The van der Waals surface area contributed by atoms with Crippen molar-refractivity contribution in [3.05, 3.63) is 29.8 Å². The van der Waals surface area contributed by atoms with Crippen LogP contribution in [0.15, 0.2) is 29.2 Å². The van der Waals surface area contributed by atoms with Crippen LogP contribution in [0.2, 0.25) is 0 Å². The summed E-state index contributed by atoms with van der Waals surface area (Å²) < 4.78 is 32.6. The second-order valence-corrected chi connectivity index (χ2v) is 9.70. The summed E-state index contributed by atoms with van der Waals surface area (Å²) >= 11 is 0. The standard InChI is InChI=1S/C21H33N3O4S/c25-21(22-11-14-23-15-17-28-18-16-23)10-7-19-5-8-20(9-6-19)29(26,27)24-12-3-1-2-4-13-24/h5-6,8-9H,1-4,7,10-18H2,(H,22,25). The maximum atomic E-state index is 12.8. The molecule has 0 unspecified atom stereocenters. The van der Waals surface area contributed by atoms with Gasteiger partial charge in [0.2, 0.25) is 15.9 Å². The summed E-state index contributed by atoms with van der Waals surface area (Å²) in [5.74, 6) is 0.0273. The van der Waals surface area contributed by atoms with Gasteiger partial charge in [0, 0.05) is 45.7 Å². The van der Waals surface area contributed by atoms with Gasteiger partial charge in [-0.3, -0.25) is 9.69 Å². The quantitative estimate of drug-likeness (QED) is 0.688. The third-order valence-electron chi connectivity index (χ3n) is 5.62. The number of aryl methyl sites for hydroxylation is 1. The number of rotatable bonds is 8. The Morgan fingerprint density at radius 3 is 2.28 bits per heavy atom. The van der Waals surface area contributed by atoms with Gasteiger partial charge in [-0.15, -0.1) is 0 Å². The van der Waals surface area contributed by atoms with E-state index in [0.717, 1.165) is 64.1 Å². The Morgan fingerprint density at radius 1 is 0.966 bits per heavy atom. The summed E-state index contributed by atoms with van der Waals surface area (Å²) in [6.07, 6.45) is 5.06. The van der Waals surface area contributed by atoms with Crippen LogP contribution in [0, 0.1) is 0 Å². The largest absolute Gasteiger partial charge is 0.379 e. The summed E-state index contributed by atoms with van der Waals surface area (Å²) in [7, 11) is -3.42. The average Bonchev–Trinajstić information content (AvgIpc) is 3.04. The van der Waals surface area contributed by atoms with Crippen LogP contribution in [0.1, 0.15) is 37.7 Å². The van der Waals surface area contributed by atoms with Crippen molar-refractivity contribution in [1.82, 2.24) is 14.5 Å². The number of nitrogens with one attached hydrogen (secondary N) is 1. The van der Waals surface area contributed by atoms with Crippen molar-refractivity contribution in [3.63, 3.8) is 0 Å². The van der Waals surface area contributed by atoms with Crippen molar-refractivity contribution in [2.75, 3.05) is 52.5 Å². The van der Waals surface area contributed by atoms with E-state index in [4.69, 9.17) is 4.74 Å². The lowest BCUT2D eigenvalue weighted by Gasteiger charge is -2.26. The lowest BCUT2D eigenvalue weighted by molar-refractivity contribution is -0.121. The van der Waals surface area contributed by atoms with Crippen LogP contribution in [-0.2, 0) is 26.0 Å². The summed E-state index contributed by atoms with van der Waals surface area (Å²) in [5.41, 5.74) is 0.975. The Kier molecular flexibility index (Phi) is 8.47. The SMILES string of the molecule is O=C(CCc1ccc(S(=O)(=O)N2CCCCCC2)cc1)NCCN1CCOCC1. The predicted molar refractivity (Wildman–Crippen MR) is 112 cm³/mol. The monoisotopic (exact) mass is 423 g/mol. The molecule has 0 atom stereocenters. The minimum Gasteiger partial charge on any atom is -0.379 e. The van der Waals surface area contributed by atoms with Gasteiger partial charge in [0.1, 0.15) is 0 Å². The van der Waals surface area contributed by atoms with E-state index >= 15 is 0 Å². The molecule has 2 aliphatic heterocycles. The Bertz CT molecular complexity index is 738. The number of ether oxygens (including phenoxy) is 1. The van der Waals surface area contributed by atoms with Gasteiger partial charge in [0.05, 0.1) is 18.1 Å². The number of benzene rings is 1. The highest BCUT2D eigenvalue weighted by molar-refractivity contribution is 7.89. The molecule has 162 valence electrons. The Morgan fingerprint density at radius 2 is 1.62 bits per heavy atom. The highest BCUT2D eigenvalue weighted by Crippen LogP contribution is 2.21. The molecule has 1 amide bonds. The van der Waals surface area contributed by atoms with E-state index in [1.54, 1.807) is 16.4 Å².